The summed E-state index contributed by atoms with van der Waals surface area (Å²) in [4.78, 5) is 14.7. The predicted molar refractivity (Wildman–Crippen MR) is 83.5 cm³/mol. The summed E-state index contributed by atoms with van der Waals surface area (Å²) in [5.41, 5.74) is 6.41. The number of hydrogen-bond donors (Lipinski definition) is 1. The summed E-state index contributed by atoms with van der Waals surface area (Å²) in [6.07, 6.45) is 8.15. The van der Waals surface area contributed by atoms with E-state index in [0.717, 1.165) is 43.4 Å². The lowest BCUT2D eigenvalue weighted by Crippen LogP contribution is -2.52. The minimum absolute atomic E-state index is 0.0644. The number of amides is 1. The molecule has 4 nitrogen and oxygen atoms in total. The van der Waals surface area contributed by atoms with E-state index >= 15 is 0 Å². The average molecular weight is 301 g/mol. The van der Waals surface area contributed by atoms with Crippen LogP contribution in [0.15, 0.2) is 0 Å². The number of likely N-dealkylation sites (tertiary alicyclic amines) is 1. The first-order valence-corrected chi connectivity index (χ1v) is 9.04. The second-order valence-corrected chi connectivity index (χ2v) is 8.49. The zero-order chi connectivity index (χ0) is 15.4. The highest BCUT2D eigenvalue weighted by Crippen LogP contribution is 2.49. The van der Waals surface area contributed by atoms with E-state index in [4.69, 9.17) is 5.73 Å². The van der Waals surface area contributed by atoms with Crippen LogP contribution in [0.4, 0.5) is 0 Å². The molecule has 1 heterocycles. The zero-order valence-electron chi connectivity index (χ0n) is 13.4. The van der Waals surface area contributed by atoms with E-state index in [1.54, 1.807) is 0 Å². The maximum Gasteiger partial charge on any atom is 0.241 e. The first-order valence-electron chi connectivity index (χ1n) is 9.04. The normalized spacial score (nSPS) is 47.5. The number of carbonyl (C=O) groups excluding carboxylic acids is 1. The molecular weight excluding hydrogens is 274 g/mol. The van der Waals surface area contributed by atoms with Crippen molar-refractivity contribution >= 4 is 5.91 Å². The van der Waals surface area contributed by atoms with E-state index in [0.29, 0.717) is 17.9 Å². The molecule has 3 saturated carbocycles. The molecule has 120 valence electrons. The largest absolute Gasteiger partial charge is 0.322 e. The molecule has 0 aromatic rings. The van der Waals surface area contributed by atoms with Crippen LogP contribution in [0.2, 0.25) is 0 Å². The first kappa shape index (κ1) is 14.5. The molecule has 3 unspecified atom stereocenters. The molecule has 0 radical (unpaired) electrons. The van der Waals surface area contributed by atoms with Gasteiger partial charge in [-0.15, -0.1) is 0 Å². The van der Waals surface area contributed by atoms with Gasteiger partial charge in [0.25, 0.3) is 0 Å². The van der Waals surface area contributed by atoms with Crippen LogP contribution in [-0.4, -0.2) is 28.9 Å². The summed E-state index contributed by atoms with van der Waals surface area (Å²) in [6, 6.07) is 2.04. The molecule has 4 aliphatic rings. The van der Waals surface area contributed by atoms with E-state index in [9.17, 15) is 10.1 Å². The number of nitriles is 1. The van der Waals surface area contributed by atoms with Crippen molar-refractivity contribution in [2.24, 2.45) is 35.3 Å². The number of carbonyl (C=O) groups is 1. The van der Waals surface area contributed by atoms with Crippen molar-refractivity contribution in [1.82, 2.24) is 4.90 Å². The highest BCUT2D eigenvalue weighted by atomic mass is 16.2. The van der Waals surface area contributed by atoms with Crippen LogP contribution >= 0.6 is 0 Å². The third-order valence-electron chi connectivity index (χ3n) is 6.71. The summed E-state index contributed by atoms with van der Waals surface area (Å²) >= 11 is 0. The molecule has 22 heavy (non-hydrogen) atoms. The van der Waals surface area contributed by atoms with E-state index in [-0.39, 0.29) is 18.0 Å². The van der Waals surface area contributed by atoms with Crippen molar-refractivity contribution in [3.05, 3.63) is 0 Å². The summed E-state index contributed by atoms with van der Waals surface area (Å²) in [5.74, 6) is 3.35. The predicted octanol–water partition coefficient (Wildman–Crippen LogP) is 2.29. The van der Waals surface area contributed by atoms with Gasteiger partial charge >= 0.3 is 0 Å². The van der Waals surface area contributed by atoms with Gasteiger partial charge in [0.15, 0.2) is 0 Å². The van der Waals surface area contributed by atoms with Crippen molar-refractivity contribution in [2.75, 3.05) is 0 Å². The Balaban J connectivity index is 1.44. The topological polar surface area (TPSA) is 70.1 Å². The quantitative estimate of drug-likeness (QED) is 0.850. The van der Waals surface area contributed by atoms with Crippen LogP contribution in [0.5, 0.6) is 0 Å². The van der Waals surface area contributed by atoms with Crippen molar-refractivity contribution in [2.45, 2.75) is 70.0 Å². The van der Waals surface area contributed by atoms with Crippen molar-refractivity contribution in [1.29, 1.82) is 5.26 Å². The number of piperidine rings is 1. The number of nitrogens with zero attached hydrogens (tertiary/aromatic N) is 2. The lowest BCUT2D eigenvalue weighted by Gasteiger charge is -2.43. The fourth-order valence-electron chi connectivity index (χ4n) is 5.79. The molecule has 0 aromatic heterocycles. The first-order chi connectivity index (χ1) is 10.6. The molecule has 2 bridgehead atoms. The summed E-state index contributed by atoms with van der Waals surface area (Å²) in [5, 5.41) is 9.29. The summed E-state index contributed by atoms with van der Waals surface area (Å²) in [6.45, 7) is 2.36. The second kappa shape index (κ2) is 5.23. The number of hydrogen-bond acceptors (Lipinski definition) is 3. The molecular formula is C18H27N3O. The molecule has 1 saturated heterocycles. The third-order valence-corrected chi connectivity index (χ3v) is 6.71. The lowest BCUT2D eigenvalue weighted by molar-refractivity contribution is -0.135. The Hall–Kier alpha value is -1.08. The highest BCUT2D eigenvalue weighted by Gasteiger charge is 2.55. The number of nitrogens with two attached hydrogens (primary N) is 1. The fraction of sp³-hybridized carbons (Fsp3) is 0.889. The molecule has 2 N–H and O–H groups in total. The van der Waals surface area contributed by atoms with Gasteiger partial charge in [-0.25, -0.2) is 0 Å². The van der Waals surface area contributed by atoms with Crippen molar-refractivity contribution in [3.8, 4) is 6.07 Å². The molecule has 0 aromatic carbocycles. The van der Waals surface area contributed by atoms with Crippen molar-refractivity contribution in [3.63, 3.8) is 0 Å². The molecule has 3 aliphatic carbocycles. The second-order valence-electron chi connectivity index (χ2n) is 8.49. The maximum atomic E-state index is 12.9. The highest BCUT2D eigenvalue weighted by molar-refractivity contribution is 5.83. The molecule has 6 atom stereocenters. The molecule has 4 rings (SSSR count). The zero-order valence-corrected chi connectivity index (χ0v) is 13.4. The Labute approximate surface area is 133 Å². The molecule has 0 spiro atoms. The van der Waals surface area contributed by atoms with Gasteiger partial charge in [-0.3, -0.25) is 4.79 Å². The van der Waals surface area contributed by atoms with Crippen LogP contribution in [0.25, 0.3) is 0 Å². The smallest absolute Gasteiger partial charge is 0.241 e. The van der Waals surface area contributed by atoms with Crippen LogP contribution in [0, 0.1) is 40.9 Å². The van der Waals surface area contributed by atoms with E-state index < -0.39 is 0 Å². The van der Waals surface area contributed by atoms with Gasteiger partial charge in [0.2, 0.25) is 5.91 Å². The molecule has 4 heteroatoms. The van der Waals surface area contributed by atoms with Gasteiger partial charge in [0.05, 0.1) is 12.1 Å². The van der Waals surface area contributed by atoms with E-state index in [2.05, 4.69) is 13.0 Å². The Morgan fingerprint density at radius 2 is 1.82 bits per heavy atom. The van der Waals surface area contributed by atoms with Crippen LogP contribution in [0.3, 0.4) is 0 Å². The Kier molecular flexibility index (Phi) is 3.45. The minimum Gasteiger partial charge on any atom is -0.322 e. The van der Waals surface area contributed by atoms with E-state index in [1.807, 2.05) is 4.90 Å². The van der Waals surface area contributed by atoms with Crippen molar-refractivity contribution < 1.29 is 4.79 Å². The lowest BCUT2D eigenvalue weighted by atomic mass is 9.63. The van der Waals surface area contributed by atoms with Gasteiger partial charge in [0, 0.05) is 6.04 Å². The molecule has 4 fully saturated rings. The Bertz CT molecular complexity index is 495. The van der Waals surface area contributed by atoms with Gasteiger partial charge in [-0.2, -0.15) is 5.26 Å². The third kappa shape index (κ3) is 2.34. The number of rotatable bonds is 2. The van der Waals surface area contributed by atoms with Gasteiger partial charge in [-0.1, -0.05) is 6.92 Å². The summed E-state index contributed by atoms with van der Waals surface area (Å²) < 4.78 is 0. The van der Waals surface area contributed by atoms with Gasteiger partial charge in [0.1, 0.15) is 6.04 Å². The molecule has 1 aliphatic heterocycles. The Morgan fingerprint density at radius 3 is 2.45 bits per heavy atom. The molecule has 1 amide bonds. The van der Waals surface area contributed by atoms with Crippen LogP contribution in [-0.2, 0) is 4.79 Å². The fourth-order valence-corrected chi connectivity index (χ4v) is 5.79. The van der Waals surface area contributed by atoms with Crippen LogP contribution in [0.1, 0.15) is 51.9 Å². The number of fused-ring (bicyclic) bond motifs is 3. The SMILES string of the molecule is CC1CC2CC(C1)CC(C(N)C(=O)N1[C@H](C#N)C[C@@H]3C[C@@H]31)C2. The Morgan fingerprint density at radius 1 is 1.14 bits per heavy atom. The van der Waals surface area contributed by atoms with Crippen LogP contribution < -0.4 is 5.73 Å². The average Bonchev–Trinajstić information content (AvgIpc) is 3.15. The summed E-state index contributed by atoms with van der Waals surface area (Å²) in [7, 11) is 0. The minimum atomic E-state index is -0.381. The standard InChI is InChI=1S/C18H27N3O/c1-10-2-11-4-12(3-10)6-14(5-11)17(20)18(22)21-15(9-19)7-13-8-16(13)21/h10-17H,2-8,20H2,1H3/t10?,11?,12?,13-,14?,15+,16+,17?/m1/s1. The van der Waals surface area contributed by atoms with Gasteiger partial charge < -0.3 is 10.6 Å². The van der Waals surface area contributed by atoms with Gasteiger partial charge in [-0.05, 0) is 74.5 Å². The monoisotopic (exact) mass is 301 g/mol. The maximum absolute atomic E-state index is 12.9. The van der Waals surface area contributed by atoms with E-state index in [1.165, 1.54) is 19.3 Å².